The first-order valence-corrected chi connectivity index (χ1v) is 8.76. The first-order valence-electron chi connectivity index (χ1n) is 6.80. The monoisotopic (exact) mass is 404 g/mol. The van der Waals surface area contributed by atoms with Crippen LogP contribution in [0.4, 0.5) is 0 Å². The van der Waals surface area contributed by atoms with Gasteiger partial charge in [-0.3, -0.25) is 4.90 Å². The average molecular weight is 404 g/mol. The Morgan fingerprint density at radius 3 is 2.95 bits per heavy atom. The second-order valence-corrected chi connectivity index (χ2v) is 7.61. The molecule has 1 aliphatic heterocycles. The van der Waals surface area contributed by atoms with Crippen LogP contribution in [0.1, 0.15) is 25.2 Å². The van der Waals surface area contributed by atoms with Gasteiger partial charge in [-0.05, 0) is 35.1 Å². The van der Waals surface area contributed by atoms with Gasteiger partial charge in [0.1, 0.15) is 0 Å². The van der Waals surface area contributed by atoms with Crippen LogP contribution in [0, 0.1) is 2.88 Å². The summed E-state index contributed by atoms with van der Waals surface area (Å²) in [7, 11) is 0. The maximum absolute atomic E-state index is 5.44. The molecule has 1 fully saturated rings. The number of halogens is 1. The molecule has 0 spiro atoms. The minimum atomic E-state index is 0.257. The second kappa shape index (κ2) is 6.50. The van der Waals surface area contributed by atoms with E-state index in [9.17, 15) is 0 Å². The van der Waals surface area contributed by atoms with Crippen LogP contribution in [0.25, 0.3) is 11.5 Å². The van der Waals surface area contributed by atoms with Gasteiger partial charge in [-0.15, -0.1) is 11.3 Å². The summed E-state index contributed by atoms with van der Waals surface area (Å²) in [5.41, 5.74) is 1.02. The lowest BCUT2D eigenvalue weighted by Crippen LogP contribution is -2.45. The van der Waals surface area contributed by atoms with E-state index in [0.717, 1.165) is 44.0 Å². The Bertz CT molecular complexity index is 564. The van der Waals surface area contributed by atoms with E-state index in [1.807, 2.05) is 0 Å². The Morgan fingerprint density at radius 1 is 1.50 bits per heavy atom. The smallest absolute Gasteiger partial charge is 0.258 e. The molecule has 0 saturated carbocycles. The van der Waals surface area contributed by atoms with Crippen LogP contribution in [0.2, 0.25) is 0 Å². The maximum Gasteiger partial charge on any atom is 0.258 e. The lowest BCUT2D eigenvalue weighted by atomic mass is 10.1. The van der Waals surface area contributed by atoms with Crippen molar-refractivity contribution in [3.05, 3.63) is 20.2 Å². The van der Waals surface area contributed by atoms with Gasteiger partial charge in [0.25, 0.3) is 5.89 Å². The Morgan fingerprint density at radius 2 is 2.30 bits per heavy atom. The molecule has 1 N–H and O–H groups in total. The van der Waals surface area contributed by atoms with E-state index in [1.165, 1.54) is 2.88 Å². The lowest BCUT2D eigenvalue weighted by Gasteiger charge is -2.32. The van der Waals surface area contributed by atoms with Gasteiger partial charge in [-0.1, -0.05) is 12.1 Å². The molecule has 1 aliphatic rings. The fourth-order valence-electron chi connectivity index (χ4n) is 2.51. The molecule has 2 aromatic heterocycles. The SMILES string of the molecule is CCC(c1noc(-c2csc(I)c2)n1)N1CCNCC1. The molecule has 20 heavy (non-hydrogen) atoms. The predicted molar refractivity (Wildman–Crippen MR) is 87.8 cm³/mol. The van der Waals surface area contributed by atoms with Crippen molar-refractivity contribution in [2.24, 2.45) is 0 Å². The molecule has 0 radical (unpaired) electrons. The van der Waals surface area contributed by atoms with Crippen molar-refractivity contribution >= 4 is 33.9 Å². The lowest BCUT2D eigenvalue weighted by molar-refractivity contribution is 0.160. The molecular weight excluding hydrogens is 387 g/mol. The Balaban J connectivity index is 1.80. The Labute approximate surface area is 135 Å². The van der Waals surface area contributed by atoms with Crippen molar-refractivity contribution in [1.82, 2.24) is 20.4 Å². The molecule has 1 unspecified atom stereocenters. The van der Waals surface area contributed by atoms with E-state index in [1.54, 1.807) is 11.3 Å². The summed E-state index contributed by atoms with van der Waals surface area (Å²) in [5.74, 6) is 1.44. The highest BCUT2D eigenvalue weighted by atomic mass is 127. The first-order chi connectivity index (χ1) is 9.78. The van der Waals surface area contributed by atoms with Gasteiger partial charge < -0.3 is 9.84 Å². The van der Waals surface area contributed by atoms with E-state index in [-0.39, 0.29) is 6.04 Å². The van der Waals surface area contributed by atoms with E-state index in [4.69, 9.17) is 4.52 Å². The number of aromatic nitrogens is 2. The quantitative estimate of drug-likeness (QED) is 0.795. The molecule has 0 amide bonds. The minimum Gasteiger partial charge on any atom is -0.334 e. The summed E-state index contributed by atoms with van der Waals surface area (Å²) >= 11 is 3.99. The van der Waals surface area contributed by atoms with Crippen molar-refractivity contribution in [2.45, 2.75) is 19.4 Å². The molecule has 0 aliphatic carbocycles. The number of nitrogens with one attached hydrogen (secondary N) is 1. The largest absolute Gasteiger partial charge is 0.334 e. The fourth-order valence-corrected chi connectivity index (χ4v) is 3.83. The maximum atomic E-state index is 5.44. The standard InChI is InChI=1S/C13H17IN4OS/c1-2-10(18-5-3-15-4-6-18)12-16-13(19-17-12)9-7-11(14)20-8-9/h7-8,10,15H,2-6H2,1H3. The molecular formula is C13H17IN4OS. The molecule has 0 bridgehead atoms. The van der Waals surface area contributed by atoms with Crippen molar-refractivity contribution in [2.75, 3.05) is 26.2 Å². The van der Waals surface area contributed by atoms with Crippen LogP contribution < -0.4 is 5.32 Å². The highest BCUT2D eigenvalue weighted by Gasteiger charge is 2.25. The van der Waals surface area contributed by atoms with Crippen LogP contribution in [-0.4, -0.2) is 41.2 Å². The van der Waals surface area contributed by atoms with E-state index >= 15 is 0 Å². The number of hydrogen-bond acceptors (Lipinski definition) is 6. The summed E-state index contributed by atoms with van der Waals surface area (Å²) in [6.07, 6.45) is 1.00. The molecule has 1 saturated heterocycles. The predicted octanol–water partition coefficient (Wildman–Crippen LogP) is 2.76. The Hall–Kier alpha value is -0.510. The molecule has 3 rings (SSSR count). The van der Waals surface area contributed by atoms with Crippen LogP contribution in [0.15, 0.2) is 16.0 Å². The highest BCUT2D eigenvalue weighted by molar-refractivity contribution is 14.1. The number of nitrogens with zero attached hydrogens (tertiary/aromatic N) is 3. The highest BCUT2D eigenvalue weighted by Crippen LogP contribution is 2.28. The molecule has 7 heteroatoms. The van der Waals surface area contributed by atoms with Gasteiger partial charge in [-0.25, -0.2) is 0 Å². The van der Waals surface area contributed by atoms with Gasteiger partial charge in [0.15, 0.2) is 5.82 Å². The van der Waals surface area contributed by atoms with Crippen molar-refractivity contribution in [3.8, 4) is 11.5 Å². The summed E-state index contributed by atoms with van der Waals surface area (Å²) in [4.78, 5) is 7.04. The zero-order valence-electron chi connectivity index (χ0n) is 11.3. The third-order valence-electron chi connectivity index (χ3n) is 3.53. The van der Waals surface area contributed by atoms with E-state index in [0.29, 0.717) is 5.89 Å². The van der Waals surface area contributed by atoms with Gasteiger partial charge in [-0.2, -0.15) is 4.98 Å². The second-order valence-electron chi connectivity index (χ2n) is 4.81. The van der Waals surface area contributed by atoms with Crippen LogP contribution in [-0.2, 0) is 0 Å². The summed E-state index contributed by atoms with van der Waals surface area (Å²) in [6.45, 7) is 6.32. The topological polar surface area (TPSA) is 54.2 Å². The average Bonchev–Trinajstić information content (AvgIpc) is 3.10. The van der Waals surface area contributed by atoms with Gasteiger partial charge in [0.05, 0.1) is 14.5 Å². The van der Waals surface area contributed by atoms with Crippen molar-refractivity contribution in [1.29, 1.82) is 0 Å². The summed E-state index contributed by atoms with van der Waals surface area (Å²) in [5, 5.41) is 9.64. The Kier molecular flexibility index (Phi) is 4.69. The van der Waals surface area contributed by atoms with Crippen LogP contribution >= 0.6 is 33.9 Å². The van der Waals surface area contributed by atoms with Crippen LogP contribution in [0.3, 0.4) is 0 Å². The van der Waals surface area contributed by atoms with Crippen LogP contribution in [0.5, 0.6) is 0 Å². The van der Waals surface area contributed by atoms with E-state index < -0.39 is 0 Å². The van der Waals surface area contributed by atoms with Gasteiger partial charge in [0, 0.05) is 31.6 Å². The normalized spacial score (nSPS) is 18.3. The van der Waals surface area contributed by atoms with E-state index in [2.05, 4.69) is 61.3 Å². The zero-order chi connectivity index (χ0) is 13.9. The van der Waals surface area contributed by atoms with Crippen molar-refractivity contribution in [3.63, 3.8) is 0 Å². The minimum absolute atomic E-state index is 0.257. The molecule has 2 aromatic rings. The summed E-state index contributed by atoms with van der Waals surface area (Å²) < 4.78 is 6.67. The molecule has 3 heterocycles. The fraction of sp³-hybridized carbons (Fsp3) is 0.538. The molecule has 5 nitrogen and oxygen atoms in total. The van der Waals surface area contributed by atoms with Gasteiger partial charge in [0.2, 0.25) is 0 Å². The molecule has 0 aromatic carbocycles. The zero-order valence-corrected chi connectivity index (χ0v) is 14.3. The number of hydrogen-bond donors (Lipinski definition) is 1. The number of piperazine rings is 1. The van der Waals surface area contributed by atoms with Crippen molar-refractivity contribution < 1.29 is 4.52 Å². The third-order valence-corrected chi connectivity index (χ3v) is 5.32. The number of rotatable bonds is 4. The first kappa shape index (κ1) is 14.4. The molecule has 1 atom stereocenters. The molecule has 108 valence electrons. The number of thiophene rings is 1. The van der Waals surface area contributed by atoms with Gasteiger partial charge >= 0.3 is 0 Å². The summed E-state index contributed by atoms with van der Waals surface area (Å²) in [6, 6.07) is 2.33. The third kappa shape index (κ3) is 3.05.